The fourth-order valence-corrected chi connectivity index (χ4v) is 3.99. The molecule has 110 valence electrons. The van der Waals surface area contributed by atoms with Crippen LogP contribution in [0.25, 0.3) is 0 Å². The lowest BCUT2D eigenvalue weighted by Crippen LogP contribution is -2.37. The van der Waals surface area contributed by atoms with Crippen molar-refractivity contribution in [1.29, 1.82) is 0 Å². The van der Waals surface area contributed by atoms with Gasteiger partial charge in [0.15, 0.2) is 0 Å². The predicted octanol–water partition coefficient (Wildman–Crippen LogP) is 3.85. The van der Waals surface area contributed by atoms with Crippen LogP contribution in [0.3, 0.4) is 0 Å². The number of rotatable bonds is 3. The van der Waals surface area contributed by atoms with E-state index >= 15 is 0 Å². The second kappa shape index (κ2) is 6.12. The molecule has 4 heteroatoms. The van der Waals surface area contributed by atoms with Crippen LogP contribution in [0.1, 0.15) is 43.7 Å². The Labute approximate surface area is 128 Å². The third-order valence-electron chi connectivity index (χ3n) is 4.64. The molecule has 0 aromatic heterocycles. The first-order chi connectivity index (χ1) is 9.70. The van der Waals surface area contributed by atoms with Crippen LogP contribution in [0.15, 0.2) is 22.7 Å². The Balaban J connectivity index is 2.00. The van der Waals surface area contributed by atoms with Crippen molar-refractivity contribution in [3.8, 4) is 0 Å². The number of nitrogens with zero attached hydrogens (tertiary/aromatic N) is 1. The lowest BCUT2D eigenvalue weighted by Gasteiger charge is -2.36. The molecule has 3 rings (SSSR count). The van der Waals surface area contributed by atoms with Crippen LogP contribution in [0.4, 0.5) is 4.39 Å². The molecule has 1 saturated carbocycles. The maximum Gasteiger partial charge on any atom is 0.123 e. The smallest absolute Gasteiger partial charge is 0.123 e. The Morgan fingerprint density at radius 1 is 1.25 bits per heavy atom. The van der Waals surface area contributed by atoms with E-state index in [9.17, 15) is 4.39 Å². The van der Waals surface area contributed by atoms with Gasteiger partial charge in [0.25, 0.3) is 0 Å². The highest BCUT2D eigenvalue weighted by atomic mass is 79.9. The molecule has 0 radical (unpaired) electrons. The maximum absolute atomic E-state index is 13.7. The molecule has 2 nitrogen and oxygen atoms in total. The normalized spacial score (nSPS) is 28.4. The third-order valence-corrected chi connectivity index (χ3v) is 5.36. The van der Waals surface area contributed by atoms with Crippen LogP contribution in [0.2, 0.25) is 0 Å². The number of hydrogen-bond acceptors (Lipinski definition) is 2. The Kier molecular flexibility index (Phi) is 4.43. The van der Waals surface area contributed by atoms with Gasteiger partial charge in [-0.2, -0.15) is 0 Å². The summed E-state index contributed by atoms with van der Waals surface area (Å²) in [6.07, 6.45) is 6.17. The summed E-state index contributed by atoms with van der Waals surface area (Å²) in [5.41, 5.74) is 7.11. The standard InChI is InChI=1S/C16H22BrFN2/c17-15-7-4-12(18)9-14(15)16-11(10-19)3-1-2-8-20(16)13-5-6-13/h4,7,9,11,13,16H,1-3,5-6,8,10,19H2. The van der Waals surface area contributed by atoms with Crippen molar-refractivity contribution in [1.82, 2.24) is 4.90 Å². The lowest BCUT2D eigenvalue weighted by atomic mass is 9.89. The zero-order valence-corrected chi connectivity index (χ0v) is 13.3. The molecule has 1 aromatic carbocycles. The summed E-state index contributed by atoms with van der Waals surface area (Å²) in [6, 6.07) is 5.98. The van der Waals surface area contributed by atoms with Crippen LogP contribution >= 0.6 is 15.9 Å². The number of likely N-dealkylation sites (tertiary alicyclic amines) is 1. The fraction of sp³-hybridized carbons (Fsp3) is 0.625. The van der Waals surface area contributed by atoms with Crippen LogP contribution in [-0.4, -0.2) is 24.0 Å². The molecule has 1 aliphatic heterocycles. The van der Waals surface area contributed by atoms with E-state index in [2.05, 4.69) is 20.8 Å². The minimum Gasteiger partial charge on any atom is -0.330 e. The Morgan fingerprint density at radius 3 is 2.75 bits per heavy atom. The Bertz CT molecular complexity index is 476. The third kappa shape index (κ3) is 2.92. The van der Waals surface area contributed by atoms with Crippen molar-refractivity contribution in [2.24, 2.45) is 11.7 Å². The molecule has 1 saturated heterocycles. The predicted molar refractivity (Wildman–Crippen MR) is 83.0 cm³/mol. The quantitative estimate of drug-likeness (QED) is 0.905. The SMILES string of the molecule is NCC1CCCCN(C2CC2)C1c1cc(F)ccc1Br. The van der Waals surface area contributed by atoms with Crippen LogP contribution in [0, 0.1) is 11.7 Å². The number of nitrogens with two attached hydrogens (primary N) is 1. The lowest BCUT2D eigenvalue weighted by molar-refractivity contribution is 0.148. The molecule has 2 unspecified atom stereocenters. The van der Waals surface area contributed by atoms with Gasteiger partial charge in [-0.15, -0.1) is 0 Å². The second-order valence-electron chi connectivity index (χ2n) is 6.07. The highest BCUT2D eigenvalue weighted by Crippen LogP contribution is 2.43. The van der Waals surface area contributed by atoms with E-state index < -0.39 is 0 Å². The van der Waals surface area contributed by atoms with Crippen molar-refractivity contribution in [2.75, 3.05) is 13.1 Å². The first-order valence-electron chi connectivity index (χ1n) is 7.61. The Morgan fingerprint density at radius 2 is 2.05 bits per heavy atom. The fourth-order valence-electron chi connectivity index (χ4n) is 3.51. The molecule has 1 aliphatic carbocycles. The largest absolute Gasteiger partial charge is 0.330 e. The van der Waals surface area contributed by atoms with Crippen molar-refractivity contribution >= 4 is 15.9 Å². The van der Waals surface area contributed by atoms with Gasteiger partial charge in [-0.1, -0.05) is 22.4 Å². The van der Waals surface area contributed by atoms with E-state index in [0.717, 1.165) is 23.0 Å². The first-order valence-corrected chi connectivity index (χ1v) is 8.40. The van der Waals surface area contributed by atoms with E-state index in [0.29, 0.717) is 18.5 Å². The summed E-state index contributed by atoms with van der Waals surface area (Å²) in [4.78, 5) is 2.59. The van der Waals surface area contributed by atoms with Gasteiger partial charge in [0.1, 0.15) is 5.82 Å². The highest BCUT2D eigenvalue weighted by molar-refractivity contribution is 9.10. The molecule has 2 N–H and O–H groups in total. The number of halogens is 2. The van der Waals surface area contributed by atoms with E-state index in [4.69, 9.17) is 5.73 Å². The molecule has 0 amide bonds. The molecule has 2 aliphatic rings. The van der Waals surface area contributed by atoms with Gasteiger partial charge < -0.3 is 5.73 Å². The van der Waals surface area contributed by atoms with Gasteiger partial charge in [-0.05, 0) is 68.5 Å². The summed E-state index contributed by atoms with van der Waals surface area (Å²) >= 11 is 3.61. The minimum absolute atomic E-state index is 0.154. The van der Waals surface area contributed by atoms with Crippen LogP contribution < -0.4 is 5.73 Å². The van der Waals surface area contributed by atoms with Gasteiger partial charge in [-0.3, -0.25) is 4.90 Å². The number of hydrogen-bond donors (Lipinski definition) is 1. The summed E-state index contributed by atoms with van der Waals surface area (Å²) < 4.78 is 14.7. The molecular formula is C16H22BrFN2. The maximum atomic E-state index is 13.7. The Hall–Kier alpha value is -0.450. The van der Waals surface area contributed by atoms with Gasteiger partial charge in [-0.25, -0.2) is 4.39 Å². The van der Waals surface area contributed by atoms with Crippen molar-refractivity contribution < 1.29 is 4.39 Å². The molecule has 1 aromatic rings. The van der Waals surface area contributed by atoms with Crippen LogP contribution in [0.5, 0.6) is 0 Å². The zero-order chi connectivity index (χ0) is 14.1. The average molecular weight is 341 g/mol. The van der Waals surface area contributed by atoms with Gasteiger partial charge in [0.05, 0.1) is 0 Å². The van der Waals surface area contributed by atoms with Crippen molar-refractivity contribution in [3.63, 3.8) is 0 Å². The summed E-state index contributed by atoms with van der Waals surface area (Å²) in [7, 11) is 0. The van der Waals surface area contributed by atoms with Gasteiger partial charge in [0, 0.05) is 16.6 Å². The molecule has 0 spiro atoms. The molecule has 1 heterocycles. The summed E-state index contributed by atoms with van der Waals surface area (Å²) in [5, 5.41) is 0. The molecule has 20 heavy (non-hydrogen) atoms. The van der Waals surface area contributed by atoms with E-state index in [1.807, 2.05) is 6.07 Å². The van der Waals surface area contributed by atoms with E-state index in [1.165, 1.54) is 31.7 Å². The van der Waals surface area contributed by atoms with Crippen molar-refractivity contribution in [3.05, 3.63) is 34.1 Å². The summed E-state index contributed by atoms with van der Waals surface area (Å²) in [5.74, 6) is 0.273. The number of benzene rings is 1. The summed E-state index contributed by atoms with van der Waals surface area (Å²) in [6.45, 7) is 1.80. The monoisotopic (exact) mass is 340 g/mol. The van der Waals surface area contributed by atoms with Gasteiger partial charge >= 0.3 is 0 Å². The van der Waals surface area contributed by atoms with E-state index in [1.54, 1.807) is 6.07 Å². The van der Waals surface area contributed by atoms with Crippen molar-refractivity contribution in [2.45, 2.75) is 44.2 Å². The average Bonchev–Trinajstić information content (AvgIpc) is 3.26. The molecule has 0 bridgehead atoms. The topological polar surface area (TPSA) is 29.3 Å². The highest BCUT2D eigenvalue weighted by Gasteiger charge is 2.39. The zero-order valence-electron chi connectivity index (χ0n) is 11.7. The first kappa shape index (κ1) is 14.5. The minimum atomic E-state index is -0.154. The second-order valence-corrected chi connectivity index (χ2v) is 6.93. The molecule has 2 fully saturated rings. The molecular weight excluding hydrogens is 319 g/mol. The van der Waals surface area contributed by atoms with Crippen LogP contribution in [-0.2, 0) is 0 Å². The molecule has 2 atom stereocenters. The van der Waals surface area contributed by atoms with E-state index in [-0.39, 0.29) is 11.9 Å². The van der Waals surface area contributed by atoms with Gasteiger partial charge in [0.2, 0.25) is 0 Å².